The lowest BCUT2D eigenvalue weighted by Gasteiger charge is -2.07. The Labute approximate surface area is 78.4 Å². The van der Waals surface area contributed by atoms with Crippen LogP contribution in [0.3, 0.4) is 0 Å². The Balaban J connectivity index is 3.69. The first kappa shape index (κ1) is 11.5. The second kappa shape index (κ2) is 5.18. The van der Waals surface area contributed by atoms with Crippen LogP contribution in [-0.2, 0) is 14.3 Å². The van der Waals surface area contributed by atoms with Crippen LogP contribution in [0, 0.1) is 0 Å². The molecule has 5 nitrogen and oxygen atoms in total. The second-order valence-corrected chi connectivity index (χ2v) is 2.97. The van der Waals surface area contributed by atoms with Crippen LogP contribution in [0.4, 0.5) is 0 Å². The molecule has 0 aliphatic carbocycles. The summed E-state index contributed by atoms with van der Waals surface area (Å²) in [6, 6.07) is -1.25. The normalized spacial score (nSPS) is 12.7. The molecule has 0 heterocycles. The number of nitrogens with two attached hydrogens (primary N) is 1. The number of alkyl halides is 2. The number of carboxylic acids is 1. The van der Waals surface area contributed by atoms with Gasteiger partial charge in [-0.15, -0.1) is 0 Å². The summed E-state index contributed by atoms with van der Waals surface area (Å²) in [7, 11) is 0. The molecule has 0 saturated carbocycles. The molecule has 0 aliphatic rings. The quantitative estimate of drug-likeness (QED) is 0.499. The molecule has 3 N–H and O–H groups in total. The molecule has 0 aliphatic heterocycles. The van der Waals surface area contributed by atoms with Crippen molar-refractivity contribution in [2.75, 3.05) is 6.61 Å². The topological polar surface area (TPSA) is 89.6 Å². The maximum Gasteiger partial charge on any atom is 0.339 e. The third-order valence-electron chi connectivity index (χ3n) is 0.901. The Morgan fingerprint density at radius 2 is 2.00 bits per heavy atom. The van der Waals surface area contributed by atoms with Crippen LogP contribution in [0.1, 0.15) is 0 Å². The molecule has 0 spiro atoms. The number of halogens is 2. The van der Waals surface area contributed by atoms with Gasteiger partial charge >= 0.3 is 11.9 Å². The van der Waals surface area contributed by atoms with E-state index in [1.165, 1.54) is 0 Å². The highest BCUT2D eigenvalue weighted by Crippen LogP contribution is 2.03. The van der Waals surface area contributed by atoms with Crippen LogP contribution in [0.15, 0.2) is 0 Å². The number of carbonyl (C=O) groups excluding carboxylic acids is 1. The average Bonchev–Trinajstić information content (AvgIpc) is 1.98. The molecule has 0 aromatic carbocycles. The SMILES string of the molecule is N[C@@H](COC(=O)C(Cl)Cl)C(=O)O. The number of rotatable bonds is 4. The number of hydrogen-bond acceptors (Lipinski definition) is 4. The van der Waals surface area contributed by atoms with Crippen molar-refractivity contribution >= 4 is 35.1 Å². The summed E-state index contributed by atoms with van der Waals surface area (Å²) in [4.78, 5) is 19.3. The molecule has 0 aromatic heterocycles. The first-order valence-corrected chi connectivity index (χ1v) is 3.75. The predicted octanol–water partition coefficient (Wildman–Crippen LogP) is -0.255. The molecule has 0 unspecified atom stereocenters. The van der Waals surface area contributed by atoms with Gasteiger partial charge in [-0.2, -0.15) is 0 Å². The number of esters is 1. The zero-order valence-electron chi connectivity index (χ0n) is 5.87. The van der Waals surface area contributed by atoms with Crippen LogP contribution in [0.5, 0.6) is 0 Å². The number of carbonyl (C=O) groups is 2. The van der Waals surface area contributed by atoms with Gasteiger partial charge in [0.05, 0.1) is 0 Å². The lowest BCUT2D eigenvalue weighted by molar-refractivity contribution is -0.146. The van der Waals surface area contributed by atoms with Crippen molar-refractivity contribution in [3.63, 3.8) is 0 Å². The first-order valence-electron chi connectivity index (χ1n) is 2.88. The maximum atomic E-state index is 10.5. The van der Waals surface area contributed by atoms with E-state index in [2.05, 4.69) is 4.74 Å². The van der Waals surface area contributed by atoms with Gasteiger partial charge < -0.3 is 15.6 Å². The van der Waals surface area contributed by atoms with Gasteiger partial charge in [-0.1, -0.05) is 23.2 Å². The van der Waals surface area contributed by atoms with Crippen molar-refractivity contribution in [3.8, 4) is 0 Å². The number of ether oxygens (including phenoxy) is 1. The van der Waals surface area contributed by atoms with E-state index in [4.69, 9.17) is 34.0 Å². The number of hydrogen-bond donors (Lipinski definition) is 2. The smallest absolute Gasteiger partial charge is 0.339 e. The Kier molecular flexibility index (Phi) is 4.96. The fourth-order valence-corrected chi connectivity index (χ4v) is 0.432. The van der Waals surface area contributed by atoms with Crippen molar-refractivity contribution in [2.45, 2.75) is 10.9 Å². The first-order chi connectivity index (χ1) is 5.45. The summed E-state index contributed by atoms with van der Waals surface area (Å²) < 4.78 is 4.32. The minimum atomic E-state index is -1.31. The van der Waals surface area contributed by atoms with Gasteiger partial charge in [0.1, 0.15) is 12.6 Å². The Hall–Kier alpha value is -0.520. The van der Waals surface area contributed by atoms with E-state index in [0.29, 0.717) is 0 Å². The summed E-state index contributed by atoms with van der Waals surface area (Å²) in [6.07, 6.45) is 0. The lowest BCUT2D eigenvalue weighted by atomic mass is 10.3. The van der Waals surface area contributed by atoms with Gasteiger partial charge in [-0.3, -0.25) is 4.79 Å². The van der Waals surface area contributed by atoms with Crippen LogP contribution < -0.4 is 5.73 Å². The third kappa shape index (κ3) is 4.38. The molecule has 1 atom stereocenters. The van der Waals surface area contributed by atoms with E-state index in [1.807, 2.05) is 0 Å². The predicted molar refractivity (Wildman–Crippen MR) is 42.1 cm³/mol. The molecular formula is C5H7Cl2NO4. The van der Waals surface area contributed by atoms with Gasteiger partial charge in [0.25, 0.3) is 0 Å². The number of aliphatic carboxylic acids is 1. The monoisotopic (exact) mass is 215 g/mol. The highest BCUT2D eigenvalue weighted by atomic mass is 35.5. The molecule has 0 fully saturated rings. The van der Waals surface area contributed by atoms with Crippen molar-refractivity contribution in [1.82, 2.24) is 0 Å². The molecule has 0 bridgehead atoms. The highest BCUT2D eigenvalue weighted by Gasteiger charge is 2.17. The second-order valence-electron chi connectivity index (χ2n) is 1.88. The van der Waals surface area contributed by atoms with Crippen LogP contribution in [0.25, 0.3) is 0 Å². The molecule has 7 heteroatoms. The van der Waals surface area contributed by atoms with Crippen molar-refractivity contribution in [3.05, 3.63) is 0 Å². The van der Waals surface area contributed by atoms with E-state index in [0.717, 1.165) is 0 Å². The summed E-state index contributed by atoms with van der Waals surface area (Å²) >= 11 is 10.2. The van der Waals surface area contributed by atoms with Crippen LogP contribution >= 0.6 is 23.2 Å². The molecular weight excluding hydrogens is 209 g/mol. The van der Waals surface area contributed by atoms with Gasteiger partial charge in [-0.25, -0.2) is 4.79 Å². The fraction of sp³-hybridized carbons (Fsp3) is 0.600. The van der Waals surface area contributed by atoms with Gasteiger partial charge in [0, 0.05) is 0 Å². The van der Waals surface area contributed by atoms with E-state index in [1.54, 1.807) is 0 Å². The van der Waals surface area contributed by atoms with Gasteiger partial charge in [0.15, 0.2) is 0 Å². The van der Waals surface area contributed by atoms with E-state index >= 15 is 0 Å². The summed E-state index contributed by atoms with van der Waals surface area (Å²) in [5, 5.41) is 8.25. The molecule has 0 rings (SSSR count). The Morgan fingerprint density at radius 3 is 2.33 bits per heavy atom. The molecule has 0 radical (unpaired) electrons. The summed E-state index contributed by atoms with van der Waals surface area (Å²) in [5.41, 5.74) is 5.00. The van der Waals surface area contributed by atoms with Gasteiger partial charge in [-0.05, 0) is 0 Å². The van der Waals surface area contributed by atoms with Crippen molar-refractivity contribution < 1.29 is 19.4 Å². The standard InChI is InChI=1S/C5H7Cl2NO4/c6-3(7)5(11)12-1-2(8)4(9)10/h2-3H,1,8H2,(H,9,10)/t2-/m0/s1. The summed E-state index contributed by atoms with van der Waals surface area (Å²) in [6.45, 7) is -0.440. The largest absolute Gasteiger partial charge is 0.480 e. The Bertz CT molecular complexity index is 184. The van der Waals surface area contributed by atoms with Gasteiger partial charge in [0.2, 0.25) is 4.84 Å². The molecule has 0 saturated heterocycles. The minimum absolute atomic E-state index is 0.440. The zero-order chi connectivity index (χ0) is 9.72. The molecule has 0 amide bonds. The molecule has 12 heavy (non-hydrogen) atoms. The van der Waals surface area contributed by atoms with E-state index in [-0.39, 0.29) is 0 Å². The van der Waals surface area contributed by atoms with Crippen LogP contribution in [0.2, 0.25) is 0 Å². The molecule has 0 aromatic rings. The van der Waals surface area contributed by atoms with Crippen molar-refractivity contribution in [1.29, 1.82) is 0 Å². The average molecular weight is 216 g/mol. The number of carboxylic acid groups (broad SMARTS) is 1. The van der Waals surface area contributed by atoms with E-state index < -0.39 is 29.4 Å². The van der Waals surface area contributed by atoms with Crippen LogP contribution in [-0.4, -0.2) is 34.5 Å². The third-order valence-corrected chi connectivity index (χ3v) is 1.26. The van der Waals surface area contributed by atoms with E-state index in [9.17, 15) is 9.59 Å². The molecule has 70 valence electrons. The zero-order valence-corrected chi connectivity index (χ0v) is 7.38. The maximum absolute atomic E-state index is 10.5. The minimum Gasteiger partial charge on any atom is -0.480 e. The Morgan fingerprint density at radius 1 is 1.50 bits per heavy atom. The lowest BCUT2D eigenvalue weighted by Crippen LogP contribution is -2.36. The van der Waals surface area contributed by atoms with Crippen molar-refractivity contribution in [2.24, 2.45) is 5.73 Å². The fourth-order valence-electron chi connectivity index (χ4n) is 0.306. The summed E-state index contributed by atoms with van der Waals surface area (Å²) in [5.74, 6) is -2.17. The highest BCUT2D eigenvalue weighted by molar-refractivity contribution is 6.52.